The maximum atomic E-state index is 12.6. The van der Waals surface area contributed by atoms with Crippen LogP contribution < -0.4 is 10.6 Å². The van der Waals surface area contributed by atoms with Gasteiger partial charge in [-0.2, -0.15) is 0 Å². The zero-order valence-electron chi connectivity index (χ0n) is 15.1. The fourth-order valence-electron chi connectivity index (χ4n) is 3.01. The first kappa shape index (κ1) is 18.4. The third-order valence-electron chi connectivity index (χ3n) is 4.22. The Balaban J connectivity index is 1.84. The Morgan fingerprint density at radius 2 is 1.78 bits per heavy atom. The smallest absolute Gasteiger partial charge is 0.339 e. The molecule has 2 aromatic rings. The fourth-order valence-corrected chi connectivity index (χ4v) is 3.01. The quantitative estimate of drug-likeness (QED) is 0.791. The van der Waals surface area contributed by atoms with E-state index in [1.165, 1.54) is 0 Å². The van der Waals surface area contributed by atoms with Crippen molar-refractivity contribution in [2.75, 3.05) is 13.2 Å². The summed E-state index contributed by atoms with van der Waals surface area (Å²) in [4.78, 5) is 36.5. The molecule has 0 saturated carbocycles. The number of urea groups is 1. The fraction of sp³-hybridized carbons (Fsp3) is 0.250. The van der Waals surface area contributed by atoms with Gasteiger partial charge in [-0.05, 0) is 30.7 Å². The van der Waals surface area contributed by atoms with Crippen LogP contribution in [0.2, 0.25) is 0 Å². The van der Waals surface area contributed by atoms with E-state index in [1.807, 2.05) is 30.3 Å². The second-order valence-electron chi connectivity index (χ2n) is 6.04. The van der Waals surface area contributed by atoms with Crippen LogP contribution in [-0.2, 0) is 14.3 Å². The standard InChI is InChI=1S/C20H20N2O5/c1-3-26-19(24)17-12(2)21-20(25)22-16(17)11-27-18(23)15-10-6-8-13-7-4-5-9-14(13)15/h4-10,12H,3,11H2,1-2H3,(H2,21,22,25)/t12-/m1/s1. The van der Waals surface area contributed by atoms with Gasteiger partial charge in [-0.3, -0.25) is 0 Å². The molecule has 0 aromatic heterocycles. The molecule has 2 amide bonds. The van der Waals surface area contributed by atoms with Gasteiger partial charge >= 0.3 is 18.0 Å². The lowest BCUT2D eigenvalue weighted by Gasteiger charge is -2.26. The summed E-state index contributed by atoms with van der Waals surface area (Å²) in [5, 5.41) is 6.81. The minimum absolute atomic E-state index is 0.200. The van der Waals surface area contributed by atoms with Crippen LogP contribution in [0.25, 0.3) is 10.8 Å². The van der Waals surface area contributed by atoms with E-state index in [2.05, 4.69) is 10.6 Å². The Bertz CT molecular complexity index is 930. The molecule has 140 valence electrons. The summed E-state index contributed by atoms with van der Waals surface area (Å²) in [6.07, 6.45) is 0. The van der Waals surface area contributed by atoms with E-state index in [-0.39, 0.29) is 24.5 Å². The number of benzene rings is 2. The van der Waals surface area contributed by atoms with Gasteiger partial charge in [0.2, 0.25) is 0 Å². The van der Waals surface area contributed by atoms with Crippen LogP contribution in [0.3, 0.4) is 0 Å². The van der Waals surface area contributed by atoms with Crippen molar-refractivity contribution in [1.82, 2.24) is 10.6 Å². The molecule has 2 N–H and O–H groups in total. The topological polar surface area (TPSA) is 93.7 Å². The largest absolute Gasteiger partial charge is 0.463 e. The molecule has 1 aliphatic heterocycles. The highest BCUT2D eigenvalue weighted by atomic mass is 16.5. The SMILES string of the molecule is CCOC(=O)C1=C(COC(=O)c2cccc3ccccc23)NC(=O)N[C@@H]1C. The first-order valence-corrected chi connectivity index (χ1v) is 8.63. The lowest BCUT2D eigenvalue weighted by molar-refractivity contribution is -0.139. The summed E-state index contributed by atoms with van der Waals surface area (Å²) < 4.78 is 10.4. The van der Waals surface area contributed by atoms with Gasteiger partial charge in [-0.25, -0.2) is 14.4 Å². The summed E-state index contributed by atoms with van der Waals surface area (Å²) in [7, 11) is 0. The first-order chi connectivity index (χ1) is 13.0. The van der Waals surface area contributed by atoms with Gasteiger partial charge in [-0.1, -0.05) is 36.4 Å². The molecular formula is C20H20N2O5. The molecule has 0 bridgehead atoms. The zero-order valence-corrected chi connectivity index (χ0v) is 15.1. The number of hydrogen-bond donors (Lipinski definition) is 2. The Morgan fingerprint density at radius 1 is 1.04 bits per heavy atom. The highest BCUT2D eigenvalue weighted by Crippen LogP contribution is 2.20. The lowest BCUT2D eigenvalue weighted by atomic mass is 10.0. The highest BCUT2D eigenvalue weighted by molar-refractivity contribution is 6.04. The summed E-state index contributed by atoms with van der Waals surface area (Å²) in [5.74, 6) is -1.10. The Labute approximate surface area is 156 Å². The number of esters is 2. The molecule has 1 aliphatic rings. The Kier molecular flexibility index (Phi) is 5.40. The molecule has 0 radical (unpaired) electrons. The van der Waals surface area contributed by atoms with Crippen molar-refractivity contribution in [2.45, 2.75) is 19.9 Å². The van der Waals surface area contributed by atoms with Crippen LogP contribution in [0.1, 0.15) is 24.2 Å². The monoisotopic (exact) mass is 368 g/mol. The maximum absolute atomic E-state index is 12.6. The van der Waals surface area contributed by atoms with Gasteiger partial charge in [-0.15, -0.1) is 0 Å². The van der Waals surface area contributed by atoms with Crippen molar-refractivity contribution in [1.29, 1.82) is 0 Å². The average Bonchev–Trinajstić information content (AvgIpc) is 2.65. The van der Waals surface area contributed by atoms with Crippen LogP contribution in [0.15, 0.2) is 53.7 Å². The second-order valence-corrected chi connectivity index (χ2v) is 6.04. The van der Waals surface area contributed by atoms with Crippen LogP contribution in [0.4, 0.5) is 4.79 Å². The number of carbonyl (C=O) groups excluding carboxylic acids is 3. The Hall–Kier alpha value is -3.35. The van der Waals surface area contributed by atoms with E-state index in [1.54, 1.807) is 26.0 Å². The Morgan fingerprint density at radius 3 is 2.56 bits per heavy atom. The van der Waals surface area contributed by atoms with Crippen molar-refractivity contribution in [3.63, 3.8) is 0 Å². The molecule has 0 aliphatic carbocycles. The molecule has 27 heavy (non-hydrogen) atoms. The number of rotatable bonds is 5. The van der Waals surface area contributed by atoms with Gasteiger partial charge in [0.1, 0.15) is 6.61 Å². The molecule has 1 heterocycles. The highest BCUT2D eigenvalue weighted by Gasteiger charge is 2.30. The van der Waals surface area contributed by atoms with Gasteiger partial charge in [0.05, 0.1) is 29.5 Å². The van der Waals surface area contributed by atoms with Crippen LogP contribution in [0.5, 0.6) is 0 Å². The van der Waals surface area contributed by atoms with E-state index >= 15 is 0 Å². The van der Waals surface area contributed by atoms with Crippen molar-refractivity contribution in [2.24, 2.45) is 0 Å². The number of nitrogens with one attached hydrogen (secondary N) is 2. The van der Waals surface area contributed by atoms with Crippen LogP contribution >= 0.6 is 0 Å². The zero-order chi connectivity index (χ0) is 19.4. The third-order valence-corrected chi connectivity index (χ3v) is 4.22. The van der Waals surface area contributed by atoms with E-state index in [9.17, 15) is 14.4 Å². The van der Waals surface area contributed by atoms with Crippen molar-refractivity contribution in [3.8, 4) is 0 Å². The van der Waals surface area contributed by atoms with E-state index in [0.29, 0.717) is 5.56 Å². The van der Waals surface area contributed by atoms with Crippen LogP contribution in [-0.4, -0.2) is 37.2 Å². The van der Waals surface area contributed by atoms with Gasteiger partial charge in [0.25, 0.3) is 0 Å². The van der Waals surface area contributed by atoms with Crippen molar-refractivity contribution in [3.05, 3.63) is 59.3 Å². The molecule has 0 spiro atoms. The van der Waals surface area contributed by atoms with E-state index in [4.69, 9.17) is 9.47 Å². The number of ether oxygens (including phenoxy) is 2. The normalized spacial score (nSPS) is 16.5. The molecule has 0 unspecified atom stereocenters. The number of fused-ring (bicyclic) bond motifs is 1. The van der Waals surface area contributed by atoms with Gasteiger partial charge < -0.3 is 20.1 Å². The first-order valence-electron chi connectivity index (χ1n) is 8.63. The minimum atomic E-state index is -0.561. The molecule has 7 heteroatoms. The number of hydrogen-bond acceptors (Lipinski definition) is 5. The predicted octanol–water partition coefficient (Wildman–Crippen LogP) is 2.52. The van der Waals surface area contributed by atoms with Crippen LogP contribution in [0, 0.1) is 0 Å². The average molecular weight is 368 g/mol. The summed E-state index contributed by atoms with van der Waals surface area (Å²) in [6.45, 7) is 3.32. The second kappa shape index (κ2) is 7.90. The molecule has 7 nitrogen and oxygen atoms in total. The molecule has 3 rings (SSSR count). The van der Waals surface area contributed by atoms with E-state index in [0.717, 1.165) is 10.8 Å². The van der Waals surface area contributed by atoms with Gasteiger partial charge in [0.15, 0.2) is 0 Å². The molecule has 2 aromatic carbocycles. The number of carbonyl (C=O) groups is 3. The summed E-state index contributed by atoms with van der Waals surface area (Å²) in [6, 6.07) is 11.8. The summed E-state index contributed by atoms with van der Waals surface area (Å²) in [5.41, 5.74) is 0.875. The summed E-state index contributed by atoms with van der Waals surface area (Å²) >= 11 is 0. The molecule has 1 atom stereocenters. The molecular weight excluding hydrogens is 348 g/mol. The minimum Gasteiger partial charge on any atom is -0.463 e. The molecule has 0 saturated heterocycles. The van der Waals surface area contributed by atoms with Crippen molar-refractivity contribution < 1.29 is 23.9 Å². The molecule has 0 fully saturated rings. The number of amides is 2. The maximum Gasteiger partial charge on any atom is 0.339 e. The van der Waals surface area contributed by atoms with Crippen molar-refractivity contribution >= 4 is 28.7 Å². The van der Waals surface area contributed by atoms with Gasteiger partial charge in [0, 0.05) is 0 Å². The predicted molar refractivity (Wildman–Crippen MR) is 99.0 cm³/mol. The van der Waals surface area contributed by atoms with E-state index < -0.39 is 24.0 Å². The lowest BCUT2D eigenvalue weighted by Crippen LogP contribution is -2.50. The third kappa shape index (κ3) is 3.92.